The fourth-order valence-electron chi connectivity index (χ4n) is 0.976. The average molecular weight is 218 g/mol. The van der Waals surface area contributed by atoms with Gasteiger partial charge in [-0.3, -0.25) is 4.52 Å². The van der Waals surface area contributed by atoms with E-state index in [4.69, 9.17) is 14.5 Å². The molecule has 0 radical (unpaired) electrons. The zero-order valence-corrected chi connectivity index (χ0v) is 8.48. The lowest BCUT2D eigenvalue weighted by molar-refractivity contribution is 0.187. The van der Waals surface area contributed by atoms with Crippen LogP contribution in [0.2, 0.25) is 0 Å². The van der Waals surface area contributed by atoms with Gasteiger partial charge in [0.25, 0.3) is 0 Å². The molecule has 2 N–H and O–H groups in total. The van der Waals surface area contributed by atoms with Gasteiger partial charge in [0.2, 0.25) is 0 Å². The van der Waals surface area contributed by atoms with Gasteiger partial charge in [-0.1, -0.05) is 18.2 Å². The summed E-state index contributed by atoms with van der Waals surface area (Å²) in [5.74, 6) is 0.543. The molecule has 14 heavy (non-hydrogen) atoms. The van der Waals surface area contributed by atoms with Crippen LogP contribution in [0.4, 0.5) is 0 Å². The molecule has 0 fully saturated rings. The third-order valence-corrected chi connectivity index (χ3v) is 2.05. The first kappa shape index (κ1) is 11.2. The fourth-order valence-corrected chi connectivity index (χ4v) is 1.28. The summed E-state index contributed by atoms with van der Waals surface area (Å²) in [7, 11) is -2.93. The number of phosphoric acid groups is 1. The highest BCUT2D eigenvalue weighted by Crippen LogP contribution is 2.37. The monoisotopic (exact) mass is 218 g/mol. The van der Waals surface area contributed by atoms with Crippen molar-refractivity contribution in [3.63, 3.8) is 0 Å². The maximum Gasteiger partial charge on any atom is 0.469 e. The molecule has 0 unspecified atom stereocenters. The van der Waals surface area contributed by atoms with E-state index >= 15 is 0 Å². The zero-order valence-electron chi connectivity index (χ0n) is 7.58. The molecule has 1 aromatic rings. The lowest BCUT2D eigenvalue weighted by Crippen LogP contribution is -1.94. The number of ether oxygens (including phenoxy) is 1. The summed E-state index contributed by atoms with van der Waals surface area (Å²) in [5, 5.41) is 0. The molecule has 6 heteroatoms. The number of rotatable bonds is 4. The summed E-state index contributed by atoms with van der Waals surface area (Å²) in [4.78, 5) is 17.0. The number of para-hydroxylation sites is 1. The topological polar surface area (TPSA) is 76.0 Å². The smallest absolute Gasteiger partial charge is 0.469 e. The van der Waals surface area contributed by atoms with E-state index < -0.39 is 7.82 Å². The Bertz CT molecular complexity index is 345. The molecule has 5 nitrogen and oxygen atoms in total. The maximum absolute atomic E-state index is 10.4. The number of benzene rings is 1. The van der Waals surface area contributed by atoms with E-state index in [2.05, 4.69) is 4.52 Å². The lowest BCUT2D eigenvalue weighted by Gasteiger charge is -2.08. The van der Waals surface area contributed by atoms with Crippen LogP contribution < -0.4 is 4.74 Å². The second-order valence-electron chi connectivity index (χ2n) is 2.58. The van der Waals surface area contributed by atoms with Gasteiger partial charge in [-0.2, -0.15) is 0 Å². The van der Waals surface area contributed by atoms with Crippen molar-refractivity contribution in [1.29, 1.82) is 0 Å². The Morgan fingerprint density at radius 2 is 2.00 bits per heavy atom. The van der Waals surface area contributed by atoms with Crippen molar-refractivity contribution < 1.29 is 23.6 Å². The van der Waals surface area contributed by atoms with Crippen molar-refractivity contribution >= 4 is 7.82 Å². The van der Waals surface area contributed by atoms with Gasteiger partial charge < -0.3 is 14.5 Å². The van der Waals surface area contributed by atoms with Crippen LogP contribution in [0.25, 0.3) is 0 Å². The molecule has 1 rings (SSSR count). The minimum atomic E-state index is -4.42. The van der Waals surface area contributed by atoms with Crippen molar-refractivity contribution in [2.24, 2.45) is 0 Å². The van der Waals surface area contributed by atoms with Crippen LogP contribution in [0.1, 0.15) is 5.56 Å². The van der Waals surface area contributed by atoms with Gasteiger partial charge in [0.1, 0.15) is 5.75 Å². The molecular formula is C8H11O5P. The molecule has 0 atom stereocenters. The van der Waals surface area contributed by atoms with Crippen molar-refractivity contribution in [3.05, 3.63) is 29.8 Å². The molecule has 0 amide bonds. The van der Waals surface area contributed by atoms with Gasteiger partial charge in [-0.15, -0.1) is 0 Å². The molecule has 0 aliphatic carbocycles. The average Bonchev–Trinajstić information content (AvgIpc) is 2.14. The van der Waals surface area contributed by atoms with Crippen LogP contribution >= 0.6 is 7.82 Å². The van der Waals surface area contributed by atoms with Crippen LogP contribution in [0.15, 0.2) is 24.3 Å². The number of methoxy groups -OCH3 is 1. The second kappa shape index (κ2) is 4.57. The molecule has 0 aliphatic heterocycles. The Morgan fingerprint density at radius 1 is 1.36 bits per heavy atom. The highest BCUT2D eigenvalue weighted by atomic mass is 31.2. The first-order valence-corrected chi connectivity index (χ1v) is 5.38. The summed E-state index contributed by atoms with van der Waals surface area (Å²) in [6, 6.07) is 6.87. The zero-order chi connectivity index (χ0) is 10.6. The molecule has 0 bridgehead atoms. The Balaban J connectivity index is 2.71. The van der Waals surface area contributed by atoms with Gasteiger partial charge in [0.05, 0.1) is 13.7 Å². The van der Waals surface area contributed by atoms with Gasteiger partial charge >= 0.3 is 7.82 Å². The minimum absolute atomic E-state index is 0.172. The highest BCUT2D eigenvalue weighted by Gasteiger charge is 2.14. The third-order valence-electron chi connectivity index (χ3n) is 1.58. The SMILES string of the molecule is COc1ccccc1COP(=O)(O)O. The van der Waals surface area contributed by atoms with Crippen LogP contribution in [-0.2, 0) is 15.7 Å². The molecule has 0 aliphatic rings. The summed E-state index contributed by atoms with van der Waals surface area (Å²) in [5.41, 5.74) is 0.596. The summed E-state index contributed by atoms with van der Waals surface area (Å²) in [6.45, 7) is -0.172. The van der Waals surface area contributed by atoms with Crippen LogP contribution in [-0.4, -0.2) is 16.9 Å². The number of hydrogen-bond acceptors (Lipinski definition) is 3. The van der Waals surface area contributed by atoms with Crippen molar-refractivity contribution in [2.75, 3.05) is 7.11 Å². The number of phosphoric ester groups is 1. The summed E-state index contributed by atoms with van der Waals surface area (Å²) in [6.07, 6.45) is 0. The summed E-state index contributed by atoms with van der Waals surface area (Å²) < 4.78 is 19.8. The molecular weight excluding hydrogens is 207 g/mol. The molecule has 0 aromatic heterocycles. The first-order valence-electron chi connectivity index (χ1n) is 3.85. The molecule has 0 spiro atoms. The Labute approximate surface area is 81.5 Å². The van der Waals surface area contributed by atoms with Crippen LogP contribution in [0, 0.1) is 0 Å². The van der Waals surface area contributed by atoms with Crippen molar-refractivity contribution in [1.82, 2.24) is 0 Å². The largest absolute Gasteiger partial charge is 0.496 e. The predicted molar refractivity (Wildman–Crippen MR) is 49.8 cm³/mol. The van der Waals surface area contributed by atoms with E-state index in [0.29, 0.717) is 11.3 Å². The molecule has 0 heterocycles. The van der Waals surface area contributed by atoms with Crippen LogP contribution in [0.5, 0.6) is 5.75 Å². The molecule has 0 saturated carbocycles. The standard InChI is InChI=1S/C8H11O5P/c1-12-8-5-3-2-4-7(8)6-13-14(9,10)11/h2-5H,6H2,1H3,(H2,9,10,11). The summed E-state index contributed by atoms with van der Waals surface area (Å²) >= 11 is 0. The highest BCUT2D eigenvalue weighted by molar-refractivity contribution is 7.46. The van der Waals surface area contributed by atoms with Gasteiger partial charge in [-0.05, 0) is 6.07 Å². The molecule has 0 saturated heterocycles. The third kappa shape index (κ3) is 3.47. The first-order chi connectivity index (χ1) is 6.53. The number of hydrogen-bond donors (Lipinski definition) is 2. The van der Waals surface area contributed by atoms with E-state index in [9.17, 15) is 4.57 Å². The van der Waals surface area contributed by atoms with E-state index in [1.54, 1.807) is 24.3 Å². The lowest BCUT2D eigenvalue weighted by atomic mass is 10.2. The fraction of sp³-hybridized carbons (Fsp3) is 0.250. The Hall–Kier alpha value is -0.870. The van der Waals surface area contributed by atoms with Crippen molar-refractivity contribution in [2.45, 2.75) is 6.61 Å². The minimum Gasteiger partial charge on any atom is -0.496 e. The predicted octanol–water partition coefficient (Wildman–Crippen LogP) is 1.30. The van der Waals surface area contributed by atoms with Crippen LogP contribution in [0.3, 0.4) is 0 Å². The van der Waals surface area contributed by atoms with E-state index in [1.807, 2.05) is 0 Å². The van der Waals surface area contributed by atoms with Gasteiger partial charge in [-0.25, -0.2) is 4.57 Å². The van der Waals surface area contributed by atoms with Crippen molar-refractivity contribution in [3.8, 4) is 5.75 Å². The van der Waals surface area contributed by atoms with E-state index in [1.165, 1.54) is 7.11 Å². The second-order valence-corrected chi connectivity index (χ2v) is 3.82. The maximum atomic E-state index is 10.4. The normalized spacial score (nSPS) is 11.4. The van der Waals surface area contributed by atoms with E-state index in [-0.39, 0.29) is 6.61 Å². The van der Waals surface area contributed by atoms with E-state index in [0.717, 1.165) is 0 Å². The van der Waals surface area contributed by atoms with Gasteiger partial charge in [0.15, 0.2) is 0 Å². The quantitative estimate of drug-likeness (QED) is 0.745. The van der Waals surface area contributed by atoms with Gasteiger partial charge in [0, 0.05) is 5.56 Å². The Morgan fingerprint density at radius 3 is 2.57 bits per heavy atom. The molecule has 78 valence electrons. The molecule has 1 aromatic carbocycles. The Kier molecular flexibility index (Phi) is 3.66.